The zero-order valence-electron chi connectivity index (χ0n) is 16.1. The second-order valence-corrected chi connectivity index (χ2v) is 8.19. The second-order valence-electron chi connectivity index (χ2n) is 6.37. The lowest BCUT2D eigenvalue weighted by Crippen LogP contribution is -2.16. The van der Waals surface area contributed by atoms with Gasteiger partial charge in [0, 0.05) is 10.4 Å². The fourth-order valence-corrected chi connectivity index (χ4v) is 4.05. The molecular weight excluding hydrogens is 440 g/mol. The van der Waals surface area contributed by atoms with E-state index in [2.05, 4.69) is 15.6 Å². The van der Waals surface area contributed by atoms with Gasteiger partial charge < -0.3 is 14.9 Å². The van der Waals surface area contributed by atoms with Crippen LogP contribution >= 0.6 is 35.2 Å². The molecule has 9 heteroatoms. The molecule has 0 aliphatic rings. The molecule has 2 aromatic carbocycles. The number of rotatable bonds is 8. The van der Waals surface area contributed by atoms with Gasteiger partial charge in [-0.3, -0.25) is 0 Å². The molecule has 0 amide bonds. The van der Waals surface area contributed by atoms with Gasteiger partial charge in [0.2, 0.25) is 4.77 Å². The van der Waals surface area contributed by atoms with Crippen molar-refractivity contribution in [2.45, 2.75) is 13.2 Å². The number of H-pyrrole nitrogens is 1. The molecule has 0 atom stereocenters. The predicted octanol–water partition coefficient (Wildman–Crippen LogP) is 5.65. The largest absolute Gasteiger partial charge is 0.493 e. The summed E-state index contributed by atoms with van der Waals surface area (Å²) in [7, 11) is 1.60. The minimum absolute atomic E-state index is 0.440. The minimum atomic E-state index is 0.440. The molecule has 0 fully saturated rings. The highest BCUT2D eigenvalue weighted by Crippen LogP contribution is 2.37. The van der Waals surface area contributed by atoms with Gasteiger partial charge in [-0.2, -0.15) is 5.10 Å². The standard InChI is InChI=1S/C21H19ClN4O2S2/c1-27-18-11-14(10-17(22)19(18)28-13-16-8-5-9-30-16)12-23-26-20(24-25-21(26)29)15-6-3-2-4-7-15/h2-11,23H,12-13H2,1H3,(H,25,29). The Labute approximate surface area is 188 Å². The van der Waals surface area contributed by atoms with Crippen LogP contribution in [-0.4, -0.2) is 22.0 Å². The number of hydrogen-bond donors (Lipinski definition) is 2. The van der Waals surface area contributed by atoms with E-state index in [1.165, 1.54) is 0 Å². The molecule has 0 saturated heterocycles. The summed E-state index contributed by atoms with van der Waals surface area (Å²) in [6, 6.07) is 17.6. The summed E-state index contributed by atoms with van der Waals surface area (Å²) in [6.45, 7) is 0.908. The average Bonchev–Trinajstić information content (AvgIpc) is 3.41. The Balaban J connectivity index is 1.53. The van der Waals surface area contributed by atoms with Gasteiger partial charge in [0.1, 0.15) is 6.61 Å². The van der Waals surface area contributed by atoms with E-state index in [0.717, 1.165) is 16.0 Å². The summed E-state index contributed by atoms with van der Waals surface area (Å²) in [5, 5.41) is 9.65. The quantitative estimate of drug-likeness (QED) is 0.334. The number of benzene rings is 2. The third kappa shape index (κ3) is 4.51. The topological polar surface area (TPSA) is 64.1 Å². The molecule has 2 N–H and O–H groups in total. The third-order valence-corrected chi connectivity index (χ3v) is 5.78. The normalized spacial score (nSPS) is 10.7. The number of aromatic nitrogens is 3. The maximum Gasteiger partial charge on any atom is 0.214 e. The molecule has 0 unspecified atom stereocenters. The first-order chi connectivity index (χ1) is 14.7. The van der Waals surface area contributed by atoms with E-state index in [4.69, 9.17) is 33.3 Å². The van der Waals surface area contributed by atoms with E-state index in [1.54, 1.807) is 23.1 Å². The van der Waals surface area contributed by atoms with Crippen LogP contribution in [0.25, 0.3) is 11.4 Å². The summed E-state index contributed by atoms with van der Waals surface area (Å²) in [4.78, 5) is 1.11. The predicted molar refractivity (Wildman–Crippen MR) is 123 cm³/mol. The number of halogens is 1. The Kier molecular flexibility index (Phi) is 6.37. The Morgan fingerprint density at radius 1 is 1.20 bits per heavy atom. The summed E-state index contributed by atoms with van der Waals surface area (Å²) >= 11 is 13.5. The van der Waals surface area contributed by atoms with Crippen LogP contribution in [0.15, 0.2) is 60.0 Å². The second kappa shape index (κ2) is 9.34. The van der Waals surface area contributed by atoms with Crippen molar-refractivity contribution in [1.29, 1.82) is 0 Å². The number of aromatic amines is 1. The van der Waals surface area contributed by atoms with E-state index < -0.39 is 0 Å². The van der Waals surface area contributed by atoms with Crippen LogP contribution in [0.1, 0.15) is 10.4 Å². The van der Waals surface area contributed by atoms with Crippen molar-refractivity contribution in [3.8, 4) is 22.9 Å². The molecule has 0 aliphatic heterocycles. The number of nitrogens with one attached hydrogen (secondary N) is 2. The highest BCUT2D eigenvalue weighted by Gasteiger charge is 2.14. The molecule has 0 spiro atoms. The van der Waals surface area contributed by atoms with Gasteiger partial charge in [-0.25, -0.2) is 9.77 Å². The zero-order valence-corrected chi connectivity index (χ0v) is 18.5. The van der Waals surface area contributed by atoms with Crippen molar-refractivity contribution in [2.24, 2.45) is 0 Å². The van der Waals surface area contributed by atoms with E-state index in [0.29, 0.717) is 40.3 Å². The van der Waals surface area contributed by atoms with Crippen molar-refractivity contribution < 1.29 is 9.47 Å². The van der Waals surface area contributed by atoms with E-state index in [-0.39, 0.29) is 0 Å². The molecule has 0 bridgehead atoms. The number of ether oxygens (including phenoxy) is 2. The molecule has 2 heterocycles. The molecule has 2 aromatic heterocycles. The first-order valence-corrected chi connectivity index (χ1v) is 10.8. The molecule has 0 radical (unpaired) electrons. The van der Waals surface area contributed by atoms with Crippen LogP contribution in [0.4, 0.5) is 0 Å². The SMILES string of the molecule is COc1cc(CNn2c(-c3ccccc3)n[nH]c2=S)cc(Cl)c1OCc1cccs1. The van der Waals surface area contributed by atoms with Crippen LogP contribution in [0.3, 0.4) is 0 Å². The van der Waals surface area contributed by atoms with Gasteiger partial charge in [0.15, 0.2) is 17.3 Å². The fourth-order valence-electron chi connectivity index (χ4n) is 2.95. The first-order valence-electron chi connectivity index (χ1n) is 9.14. The summed E-state index contributed by atoms with van der Waals surface area (Å²) in [6.07, 6.45) is 0. The molecule has 0 saturated carbocycles. The van der Waals surface area contributed by atoms with Gasteiger partial charge >= 0.3 is 0 Å². The molecule has 0 aliphatic carbocycles. The lowest BCUT2D eigenvalue weighted by atomic mass is 10.2. The smallest absolute Gasteiger partial charge is 0.214 e. The van der Waals surface area contributed by atoms with Crippen molar-refractivity contribution in [3.63, 3.8) is 0 Å². The maximum atomic E-state index is 6.50. The van der Waals surface area contributed by atoms with Crippen LogP contribution in [0, 0.1) is 4.77 Å². The van der Waals surface area contributed by atoms with Crippen LogP contribution < -0.4 is 14.9 Å². The highest BCUT2D eigenvalue weighted by molar-refractivity contribution is 7.71. The maximum absolute atomic E-state index is 6.50. The Morgan fingerprint density at radius 3 is 2.77 bits per heavy atom. The first kappa shape index (κ1) is 20.5. The monoisotopic (exact) mass is 458 g/mol. The Bertz CT molecular complexity index is 1170. The van der Waals surface area contributed by atoms with Gasteiger partial charge in [-0.15, -0.1) is 11.3 Å². The van der Waals surface area contributed by atoms with Crippen molar-refractivity contribution >= 4 is 35.2 Å². The highest BCUT2D eigenvalue weighted by atomic mass is 35.5. The van der Waals surface area contributed by atoms with E-state index in [9.17, 15) is 0 Å². The van der Waals surface area contributed by atoms with Crippen LogP contribution in [0.5, 0.6) is 11.5 Å². The van der Waals surface area contributed by atoms with Crippen LogP contribution in [-0.2, 0) is 13.2 Å². The van der Waals surface area contributed by atoms with Gasteiger partial charge in [-0.1, -0.05) is 48.0 Å². The van der Waals surface area contributed by atoms with Crippen molar-refractivity contribution in [3.05, 3.63) is 80.2 Å². The van der Waals surface area contributed by atoms with E-state index in [1.807, 2.05) is 60.0 Å². The number of methoxy groups -OCH3 is 1. The average molecular weight is 459 g/mol. The fraction of sp³-hybridized carbons (Fsp3) is 0.143. The third-order valence-electron chi connectivity index (χ3n) is 4.37. The number of hydrogen-bond acceptors (Lipinski definition) is 6. The van der Waals surface area contributed by atoms with Gasteiger partial charge in [0.25, 0.3) is 0 Å². The molecular formula is C21H19ClN4O2S2. The zero-order chi connectivity index (χ0) is 20.9. The number of nitrogens with zero attached hydrogens (tertiary/aromatic N) is 2. The van der Waals surface area contributed by atoms with Crippen LogP contribution in [0.2, 0.25) is 5.02 Å². The molecule has 4 aromatic rings. The molecule has 154 valence electrons. The summed E-state index contributed by atoms with van der Waals surface area (Å²) in [5.41, 5.74) is 5.16. The van der Waals surface area contributed by atoms with Crippen molar-refractivity contribution in [1.82, 2.24) is 14.9 Å². The van der Waals surface area contributed by atoms with Crippen molar-refractivity contribution in [2.75, 3.05) is 12.5 Å². The van der Waals surface area contributed by atoms with E-state index >= 15 is 0 Å². The Hall–Kier alpha value is -2.81. The molecule has 30 heavy (non-hydrogen) atoms. The lowest BCUT2D eigenvalue weighted by Gasteiger charge is -2.15. The molecule has 6 nitrogen and oxygen atoms in total. The van der Waals surface area contributed by atoms with Gasteiger partial charge in [0.05, 0.1) is 18.7 Å². The number of thiophene rings is 1. The minimum Gasteiger partial charge on any atom is -0.493 e. The molecule has 4 rings (SSSR count). The lowest BCUT2D eigenvalue weighted by molar-refractivity contribution is 0.287. The summed E-state index contributed by atoms with van der Waals surface area (Å²) < 4.78 is 13.6. The van der Waals surface area contributed by atoms with Gasteiger partial charge in [-0.05, 0) is 41.4 Å². The summed E-state index contributed by atoms with van der Waals surface area (Å²) in [5.74, 6) is 1.81. The Morgan fingerprint density at radius 2 is 2.03 bits per heavy atom.